The molecule has 23 heavy (non-hydrogen) atoms. The Morgan fingerprint density at radius 1 is 1.30 bits per heavy atom. The van der Waals surface area contributed by atoms with E-state index < -0.39 is 11.6 Å². The third-order valence-corrected chi connectivity index (χ3v) is 4.81. The molecule has 1 aliphatic carbocycles. The van der Waals surface area contributed by atoms with Crippen molar-refractivity contribution < 1.29 is 13.6 Å². The molecule has 0 aromatic heterocycles. The molecule has 0 radical (unpaired) electrons. The van der Waals surface area contributed by atoms with Crippen molar-refractivity contribution in [2.24, 2.45) is 11.7 Å². The van der Waals surface area contributed by atoms with Gasteiger partial charge in [-0.2, -0.15) is 0 Å². The summed E-state index contributed by atoms with van der Waals surface area (Å²) < 4.78 is 26.3. The molecule has 1 aliphatic rings. The topological polar surface area (TPSA) is 46.3 Å². The lowest BCUT2D eigenvalue weighted by molar-refractivity contribution is -0.133. The molecule has 0 spiro atoms. The van der Waals surface area contributed by atoms with E-state index in [0.717, 1.165) is 37.8 Å². The second-order valence-electron chi connectivity index (χ2n) is 6.27. The number of halogens is 3. The van der Waals surface area contributed by atoms with E-state index in [1.807, 2.05) is 6.92 Å². The zero-order valence-electron chi connectivity index (χ0n) is 13.6. The predicted octanol–water partition coefficient (Wildman–Crippen LogP) is 3.81. The highest BCUT2D eigenvalue weighted by Crippen LogP contribution is 2.28. The van der Waals surface area contributed by atoms with E-state index in [9.17, 15) is 13.6 Å². The maximum Gasteiger partial charge on any atom is 0.223 e. The van der Waals surface area contributed by atoms with Crippen molar-refractivity contribution >= 4 is 18.3 Å². The van der Waals surface area contributed by atoms with Crippen LogP contribution in [-0.2, 0) is 4.79 Å². The number of rotatable bonds is 4. The Labute approximate surface area is 142 Å². The molecule has 1 fully saturated rings. The van der Waals surface area contributed by atoms with Gasteiger partial charge < -0.3 is 10.6 Å². The number of amides is 1. The van der Waals surface area contributed by atoms with Gasteiger partial charge >= 0.3 is 0 Å². The summed E-state index contributed by atoms with van der Waals surface area (Å²) in [6, 6.07) is 3.54. The number of hydrogen-bond acceptors (Lipinski definition) is 2. The van der Waals surface area contributed by atoms with Crippen LogP contribution in [0.3, 0.4) is 0 Å². The maximum absolute atomic E-state index is 13.3. The highest BCUT2D eigenvalue weighted by molar-refractivity contribution is 5.85. The van der Waals surface area contributed by atoms with Gasteiger partial charge in [-0.15, -0.1) is 12.4 Å². The van der Waals surface area contributed by atoms with Crippen LogP contribution in [0.25, 0.3) is 0 Å². The number of carbonyl (C=O) groups is 1. The van der Waals surface area contributed by atoms with Gasteiger partial charge in [-0.25, -0.2) is 8.78 Å². The number of nitrogens with two attached hydrogens (primary N) is 1. The Kier molecular flexibility index (Phi) is 7.42. The van der Waals surface area contributed by atoms with Crippen molar-refractivity contribution in [3.8, 4) is 0 Å². The Morgan fingerprint density at radius 2 is 1.96 bits per heavy atom. The molecule has 0 bridgehead atoms. The number of benzene rings is 1. The first-order valence-corrected chi connectivity index (χ1v) is 7.86. The van der Waals surface area contributed by atoms with Crippen LogP contribution in [0.2, 0.25) is 0 Å². The van der Waals surface area contributed by atoms with Crippen molar-refractivity contribution in [2.75, 3.05) is 7.05 Å². The molecule has 2 N–H and O–H groups in total. The van der Waals surface area contributed by atoms with E-state index in [-0.39, 0.29) is 36.3 Å². The van der Waals surface area contributed by atoms with Crippen LogP contribution >= 0.6 is 12.4 Å². The van der Waals surface area contributed by atoms with Gasteiger partial charge in [-0.05, 0) is 43.4 Å². The highest BCUT2D eigenvalue weighted by atomic mass is 35.5. The van der Waals surface area contributed by atoms with Crippen LogP contribution in [0, 0.1) is 17.6 Å². The second kappa shape index (κ2) is 8.60. The van der Waals surface area contributed by atoms with Crippen molar-refractivity contribution in [3.63, 3.8) is 0 Å². The van der Waals surface area contributed by atoms with Gasteiger partial charge in [-0.1, -0.05) is 18.9 Å². The molecule has 6 heteroatoms. The van der Waals surface area contributed by atoms with E-state index >= 15 is 0 Å². The molecule has 1 aromatic carbocycles. The number of hydrogen-bond donors (Lipinski definition) is 1. The maximum atomic E-state index is 13.3. The molecule has 0 aliphatic heterocycles. The Morgan fingerprint density at radius 3 is 2.57 bits per heavy atom. The third-order valence-electron chi connectivity index (χ3n) is 4.81. The van der Waals surface area contributed by atoms with Crippen molar-refractivity contribution in [1.82, 2.24) is 4.90 Å². The van der Waals surface area contributed by atoms with E-state index in [1.54, 1.807) is 11.9 Å². The van der Waals surface area contributed by atoms with Crippen molar-refractivity contribution in [3.05, 3.63) is 35.4 Å². The van der Waals surface area contributed by atoms with E-state index in [1.165, 1.54) is 6.07 Å². The SMILES string of the molecule is CC(c1ccc(F)c(F)c1)N(C)C(=O)CC1CCCCC1N.Cl. The molecule has 1 amide bonds. The lowest BCUT2D eigenvalue weighted by Gasteiger charge is -2.31. The number of nitrogens with zero attached hydrogens (tertiary/aromatic N) is 1. The number of carbonyl (C=O) groups excluding carboxylic acids is 1. The van der Waals surface area contributed by atoms with Crippen LogP contribution in [-0.4, -0.2) is 23.9 Å². The fourth-order valence-electron chi connectivity index (χ4n) is 3.07. The van der Waals surface area contributed by atoms with Crippen LogP contribution < -0.4 is 5.73 Å². The highest BCUT2D eigenvalue weighted by Gasteiger charge is 2.27. The Hall–Kier alpha value is -1.20. The zero-order valence-corrected chi connectivity index (χ0v) is 14.4. The average molecular weight is 347 g/mol. The smallest absolute Gasteiger partial charge is 0.223 e. The van der Waals surface area contributed by atoms with Crippen LogP contribution in [0.1, 0.15) is 50.6 Å². The molecule has 3 nitrogen and oxygen atoms in total. The van der Waals surface area contributed by atoms with Gasteiger partial charge in [0.1, 0.15) is 0 Å². The standard InChI is InChI=1S/C17H24F2N2O.ClH/c1-11(12-7-8-14(18)15(19)9-12)21(2)17(22)10-13-5-3-4-6-16(13)20;/h7-9,11,13,16H,3-6,10,20H2,1-2H3;1H. The lowest BCUT2D eigenvalue weighted by Crippen LogP contribution is -2.38. The average Bonchev–Trinajstić information content (AvgIpc) is 2.50. The van der Waals surface area contributed by atoms with E-state index in [4.69, 9.17) is 5.73 Å². The first kappa shape index (κ1) is 19.8. The Bertz CT molecular complexity index is 541. The summed E-state index contributed by atoms with van der Waals surface area (Å²) in [5.41, 5.74) is 6.67. The fraction of sp³-hybridized carbons (Fsp3) is 0.588. The van der Waals surface area contributed by atoms with Gasteiger partial charge in [0.15, 0.2) is 11.6 Å². The van der Waals surface area contributed by atoms with Crippen molar-refractivity contribution in [1.29, 1.82) is 0 Å². The summed E-state index contributed by atoms with van der Waals surface area (Å²) in [6.45, 7) is 1.81. The first-order chi connectivity index (χ1) is 10.4. The molecule has 3 atom stereocenters. The quantitative estimate of drug-likeness (QED) is 0.901. The summed E-state index contributed by atoms with van der Waals surface area (Å²) in [5, 5.41) is 0. The Balaban J connectivity index is 0.00000264. The zero-order chi connectivity index (χ0) is 16.3. The summed E-state index contributed by atoms with van der Waals surface area (Å²) in [5.74, 6) is -1.54. The van der Waals surface area contributed by atoms with Crippen LogP contribution in [0.5, 0.6) is 0 Å². The van der Waals surface area contributed by atoms with Gasteiger partial charge in [-0.3, -0.25) is 4.79 Å². The molecule has 1 aromatic rings. The third kappa shape index (κ3) is 4.88. The normalized spacial score (nSPS) is 22.1. The van der Waals surface area contributed by atoms with E-state index in [2.05, 4.69) is 0 Å². The molecule has 3 unspecified atom stereocenters. The monoisotopic (exact) mass is 346 g/mol. The minimum absolute atomic E-state index is 0. The molecule has 130 valence electrons. The summed E-state index contributed by atoms with van der Waals surface area (Å²) in [6.07, 6.45) is 4.63. The molecule has 0 saturated heterocycles. The summed E-state index contributed by atoms with van der Waals surface area (Å²) in [4.78, 5) is 14.0. The van der Waals surface area contributed by atoms with Crippen LogP contribution in [0.4, 0.5) is 8.78 Å². The lowest BCUT2D eigenvalue weighted by atomic mass is 9.82. The summed E-state index contributed by atoms with van der Waals surface area (Å²) in [7, 11) is 1.70. The predicted molar refractivity (Wildman–Crippen MR) is 89.3 cm³/mol. The molecule has 1 saturated carbocycles. The molecule has 2 rings (SSSR count). The first-order valence-electron chi connectivity index (χ1n) is 7.86. The summed E-state index contributed by atoms with van der Waals surface area (Å²) >= 11 is 0. The van der Waals surface area contributed by atoms with Crippen molar-refractivity contribution in [2.45, 2.75) is 51.1 Å². The van der Waals surface area contributed by atoms with Gasteiger partial charge in [0.05, 0.1) is 6.04 Å². The second-order valence-corrected chi connectivity index (χ2v) is 6.27. The van der Waals surface area contributed by atoms with Gasteiger partial charge in [0.2, 0.25) is 5.91 Å². The van der Waals surface area contributed by atoms with Gasteiger partial charge in [0, 0.05) is 19.5 Å². The fourth-order valence-corrected chi connectivity index (χ4v) is 3.07. The van der Waals surface area contributed by atoms with Crippen LogP contribution in [0.15, 0.2) is 18.2 Å². The minimum Gasteiger partial charge on any atom is -0.339 e. The molecule has 0 heterocycles. The molecular formula is C17H25ClF2N2O. The largest absolute Gasteiger partial charge is 0.339 e. The minimum atomic E-state index is -0.889. The van der Waals surface area contributed by atoms with E-state index in [0.29, 0.717) is 12.0 Å². The molecular weight excluding hydrogens is 322 g/mol. The van der Waals surface area contributed by atoms with Gasteiger partial charge in [0.25, 0.3) is 0 Å².